The zero-order valence-corrected chi connectivity index (χ0v) is 25.4. The molecule has 0 spiro atoms. The van der Waals surface area contributed by atoms with Crippen LogP contribution in [0.25, 0.3) is 0 Å². The summed E-state index contributed by atoms with van der Waals surface area (Å²) in [7, 11) is 0. The first-order valence-corrected chi connectivity index (χ1v) is 15.8. The van der Waals surface area contributed by atoms with Crippen molar-refractivity contribution in [1.29, 1.82) is 0 Å². The smallest absolute Gasteiger partial charge is 0.410 e. The zero-order chi connectivity index (χ0) is 30.1. The van der Waals surface area contributed by atoms with Crippen LogP contribution >= 0.6 is 11.8 Å². The molecule has 2 aliphatic heterocycles. The minimum Gasteiger partial charge on any atom is -0.445 e. The van der Waals surface area contributed by atoms with Gasteiger partial charge in [0.2, 0.25) is 0 Å². The van der Waals surface area contributed by atoms with E-state index in [4.69, 9.17) is 9.47 Å². The number of carbonyl (C=O) groups excluding carboxylic acids is 2. The molecule has 2 amide bonds. The summed E-state index contributed by atoms with van der Waals surface area (Å²) in [5, 5.41) is 0.150. The van der Waals surface area contributed by atoms with E-state index in [1.54, 1.807) is 17.1 Å². The molecule has 0 aliphatic carbocycles. The molecule has 2 saturated heterocycles. The third-order valence-electron chi connectivity index (χ3n) is 8.29. The van der Waals surface area contributed by atoms with E-state index in [0.29, 0.717) is 19.6 Å². The minimum atomic E-state index is -0.473. The minimum absolute atomic E-state index is 0.00369. The van der Waals surface area contributed by atoms with Crippen LogP contribution in [-0.4, -0.2) is 66.1 Å². The van der Waals surface area contributed by atoms with Crippen molar-refractivity contribution in [3.8, 4) is 0 Å². The normalized spacial score (nSPS) is 20.0. The summed E-state index contributed by atoms with van der Waals surface area (Å²) in [6.07, 6.45) is 5.09. The largest absolute Gasteiger partial charge is 0.445 e. The van der Waals surface area contributed by atoms with Gasteiger partial charge in [-0.1, -0.05) is 116 Å². The lowest BCUT2D eigenvalue weighted by Gasteiger charge is -2.37. The van der Waals surface area contributed by atoms with Crippen molar-refractivity contribution < 1.29 is 19.1 Å². The second kappa shape index (κ2) is 14.5. The van der Waals surface area contributed by atoms with Gasteiger partial charge in [-0.3, -0.25) is 0 Å². The van der Waals surface area contributed by atoms with Crippen molar-refractivity contribution in [3.05, 3.63) is 133 Å². The number of amides is 2. The van der Waals surface area contributed by atoms with Crippen molar-refractivity contribution in [2.45, 2.75) is 35.3 Å². The summed E-state index contributed by atoms with van der Waals surface area (Å²) in [4.78, 5) is 29.5. The number of nitrogens with zero attached hydrogens (tertiary/aromatic N) is 2. The van der Waals surface area contributed by atoms with E-state index in [0.717, 1.165) is 19.3 Å². The maximum absolute atomic E-state index is 13.4. The highest BCUT2D eigenvalue weighted by molar-refractivity contribution is 8.01. The Kier molecular flexibility index (Phi) is 10.3. The van der Waals surface area contributed by atoms with Gasteiger partial charge in [0, 0.05) is 30.9 Å². The lowest BCUT2D eigenvalue weighted by molar-refractivity contribution is 0.102. The van der Waals surface area contributed by atoms with Gasteiger partial charge in [-0.05, 0) is 41.9 Å². The highest BCUT2D eigenvalue weighted by atomic mass is 32.2. The molecule has 6 nitrogen and oxygen atoms in total. The molecule has 0 bridgehead atoms. The molecule has 2 heterocycles. The van der Waals surface area contributed by atoms with Gasteiger partial charge in [-0.25, -0.2) is 9.59 Å². The molecule has 0 radical (unpaired) electrons. The fourth-order valence-corrected chi connectivity index (χ4v) is 8.26. The fraction of sp³-hybridized carbons (Fsp3) is 0.333. The van der Waals surface area contributed by atoms with Crippen LogP contribution in [0.15, 0.2) is 116 Å². The van der Waals surface area contributed by atoms with Gasteiger partial charge in [0.15, 0.2) is 0 Å². The standard InChI is InChI=1S/C36H40N2O4S/c1-3-22-41-34(39)37-21-20-28(26-37)24-32-25-33(27-38(32)35(40)42-23-4-2)43-36(29-14-8-5-9-15-29,30-16-10-6-11-17-30)31-18-12-7-13-19-31/h3-19,28,32-33H,1-2,20-27H2/t28?,32-,33+/m1/s1. The molecule has 0 saturated carbocycles. The monoisotopic (exact) mass is 596 g/mol. The first-order valence-electron chi connectivity index (χ1n) is 15.0. The Morgan fingerprint density at radius 1 is 0.791 bits per heavy atom. The Bertz CT molecular complexity index is 1270. The summed E-state index contributed by atoms with van der Waals surface area (Å²) in [5.74, 6) is 0.280. The first kappa shape index (κ1) is 30.5. The lowest BCUT2D eigenvalue weighted by atomic mass is 9.84. The van der Waals surface area contributed by atoms with Crippen LogP contribution in [0.4, 0.5) is 9.59 Å². The third-order valence-corrected chi connectivity index (χ3v) is 10.0. The molecular weight excluding hydrogens is 556 g/mol. The summed E-state index contributed by atoms with van der Waals surface area (Å²) < 4.78 is 10.4. The van der Waals surface area contributed by atoms with Gasteiger partial charge in [0.25, 0.3) is 0 Å². The number of ether oxygens (including phenoxy) is 2. The lowest BCUT2D eigenvalue weighted by Crippen LogP contribution is -2.38. The Morgan fingerprint density at radius 2 is 1.30 bits per heavy atom. The first-order chi connectivity index (χ1) is 21.0. The van der Waals surface area contributed by atoms with Crippen LogP contribution in [0.3, 0.4) is 0 Å². The number of rotatable bonds is 11. The molecule has 1 unspecified atom stereocenters. The maximum atomic E-state index is 13.4. The summed E-state index contributed by atoms with van der Waals surface area (Å²) in [6, 6.07) is 31.9. The second-order valence-corrected chi connectivity index (χ2v) is 12.6. The average Bonchev–Trinajstić information content (AvgIpc) is 3.69. The molecule has 2 fully saturated rings. The Balaban J connectivity index is 1.44. The number of hydrogen-bond donors (Lipinski definition) is 0. The highest BCUT2D eigenvalue weighted by Crippen LogP contribution is 2.52. The van der Waals surface area contributed by atoms with Crippen molar-refractivity contribution in [3.63, 3.8) is 0 Å². The molecule has 43 heavy (non-hydrogen) atoms. The molecule has 224 valence electrons. The van der Waals surface area contributed by atoms with Gasteiger partial charge in [0.05, 0.1) is 4.75 Å². The van der Waals surface area contributed by atoms with Gasteiger partial charge < -0.3 is 19.3 Å². The van der Waals surface area contributed by atoms with Crippen LogP contribution in [0.5, 0.6) is 0 Å². The summed E-state index contributed by atoms with van der Waals surface area (Å²) >= 11 is 1.92. The third kappa shape index (κ3) is 6.99. The Labute approximate surface area is 259 Å². The molecule has 5 rings (SSSR count). The van der Waals surface area contributed by atoms with E-state index in [1.165, 1.54) is 16.7 Å². The SMILES string of the molecule is C=CCOC(=O)N1CCC(C[C@@H]2C[C@H](SC(c3ccccc3)(c3ccccc3)c3ccccc3)CN2C(=O)OCC=C)C1. The number of likely N-dealkylation sites (tertiary alicyclic amines) is 2. The number of hydrogen-bond acceptors (Lipinski definition) is 5. The van der Waals surface area contributed by atoms with E-state index in [9.17, 15) is 9.59 Å². The summed E-state index contributed by atoms with van der Waals surface area (Å²) in [5.41, 5.74) is 3.60. The number of carbonyl (C=O) groups is 2. The number of thioether (sulfide) groups is 1. The predicted octanol–water partition coefficient (Wildman–Crippen LogP) is 7.51. The zero-order valence-electron chi connectivity index (χ0n) is 24.6. The van der Waals surface area contributed by atoms with Gasteiger partial charge >= 0.3 is 12.2 Å². The van der Waals surface area contributed by atoms with E-state index in [2.05, 4.69) is 104 Å². The van der Waals surface area contributed by atoms with Crippen molar-refractivity contribution in [1.82, 2.24) is 9.80 Å². The Hall–Kier alpha value is -3.97. The van der Waals surface area contributed by atoms with Crippen molar-refractivity contribution >= 4 is 23.9 Å². The number of benzene rings is 3. The molecule has 2 aliphatic rings. The fourth-order valence-electron chi connectivity index (χ4n) is 6.39. The Morgan fingerprint density at radius 3 is 1.81 bits per heavy atom. The van der Waals surface area contributed by atoms with Crippen LogP contribution in [-0.2, 0) is 14.2 Å². The van der Waals surface area contributed by atoms with Gasteiger partial charge in [0.1, 0.15) is 13.2 Å². The van der Waals surface area contributed by atoms with Crippen LogP contribution in [0, 0.1) is 5.92 Å². The molecule has 3 aromatic rings. The van der Waals surface area contributed by atoms with Gasteiger partial charge in [-0.2, -0.15) is 0 Å². The van der Waals surface area contributed by atoms with Gasteiger partial charge in [-0.15, -0.1) is 11.8 Å². The predicted molar refractivity (Wildman–Crippen MR) is 173 cm³/mol. The van der Waals surface area contributed by atoms with E-state index in [1.807, 2.05) is 16.7 Å². The van der Waals surface area contributed by atoms with Crippen molar-refractivity contribution in [2.24, 2.45) is 5.92 Å². The van der Waals surface area contributed by atoms with Crippen LogP contribution in [0.2, 0.25) is 0 Å². The second-order valence-electron chi connectivity index (χ2n) is 11.1. The average molecular weight is 597 g/mol. The molecule has 0 N–H and O–H groups in total. The maximum Gasteiger partial charge on any atom is 0.410 e. The molecule has 7 heteroatoms. The molecule has 0 aromatic heterocycles. The van der Waals surface area contributed by atoms with Crippen LogP contribution in [0.1, 0.15) is 36.0 Å². The van der Waals surface area contributed by atoms with E-state index >= 15 is 0 Å². The topological polar surface area (TPSA) is 59.1 Å². The van der Waals surface area contributed by atoms with Crippen molar-refractivity contribution in [2.75, 3.05) is 32.8 Å². The van der Waals surface area contributed by atoms with E-state index in [-0.39, 0.29) is 42.6 Å². The van der Waals surface area contributed by atoms with E-state index < -0.39 is 4.75 Å². The molecular formula is C36H40N2O4S. The highest BCUT2D eigenvalue weighted by Gasteiger charge is 2.45. The molecule has 3 atom stereocenters. The molecule has 3 aromatic carbocycles. The quantitative estimate of drug-likeness (QED) is 0.169. The summed E-state index contributed by atoms with van der Waals surface area (Å²) in [6.45, 7) is 9.59. The van der Waals surface area contributed by atoms with Crippen LogP contribution < -0.4 is 0 Å².